The van der Waals surface area contributed by atoms with E-state index in [1.165, 1.54) is 17.7 Å². The lowest BCUT2D eigenvalue weighted by Crippen LogP contribution is -2.33. The van der Waals surface area contributed by atoms with Crippen LogP contribution in [-0.4, -0.2) is 17.6 Å². The second-order valence-corrected chi connectivity index (χ2v) is 5.68. The van der Waals surface area contributed by atoms with Gasteiger partial charge in [0.2, 0.25) is 0 Å². The largest absolute Gasteiger partial charge is 0.345 e. The van der Waals surface area contributed by atoms with E-state index in [1.807, 2.05) is 13.1 Å². The third-order valence-electron chi connectivity index (χ3n) is 3.08. The lowest BCUT2D eigenvalue weighted by Gasteiger charge is -2.28. The van der Waals surface area contributed by atoms with Crippen molar-refractivity contribution < 1.29 is 0 Å². The number of rotatable bonds is 7. The number of hydrogen-bond acceptors (Lipinski definition) is 4. The SMILES string of the molecule is CCCCN(c1ncc(C(C)N)s1)C(C)CC. The van der Waals surface area contributed by atoms with Gasteiger partial charge in [-0.15, -0.1) is 11.3 Å². The summed E-state index contributed by atoms with van der Waals surface area (Å²) in [5, 5.41) is 1.13. The summed E-state index contributed by atoms with van der Waals surface area (Å²) in [6.45, 7) is 9.82. The van der Waals surface area contributed by atoms with Crippen molar-refractivity contribution in [3.8, 4) is 0 Å². The van der Waals surface area contributed by atoms with Gasteiger partial charge in [0.05, 0.1) is 0 Å². The first-order valence-corrected chi connectivity index (χ1v) is 7.39. The highest BCUT2D eigenvalue weighted by atomic mass is 32.1. The Balaban J connectivity index is 2.80. The molecule has 0 aromatic carbocycles. The lowest BCUT2D eigenvalue weighted by molar-refractivity contribution is 0.594. The van der Waals surface area contributed by atoms with E-state index in [0.29, 0.717) is 6.04 Å². The molecule has 2 atom stereocenters. The van der Waals surface area contributed by atoms with Gasteiger partial charge in [-0.1, -0.05) is 20.3 Å². The molecule has 0 bridgehead atoms. The average molecular weight is 255 g/mol. The molecule has 0 amide bonds. The van der Waals surface area contributed by atoms with Crippen LogP contribution < -0.4 is 10.6 Å². The van der Waals surface area contributed by atoms with Crippen molar-refractivity contribution in [2.24, 2.45) is 5.73 Å². The van der Waals surface area contributed by atoms with Crippen LogP contribution in [0.15, 0.2) is 6.20 Å². The van der Waals surface area contributed by atoms with Crippen LogP contribution in [0.4, 0.5) is 5.13 Å². The zero-order valence-electron chi connectivity index (χ0n) is 11.4. The molecular formula is C13H25N3S. The molecule has 1 heterocycles. The fraction of sp³-hybridized carbons (Fsp3) is 0.769. The van der Waals surface area contributed by atoms with Gasteiger partial charge >= 0.3 is 0 Å². The van der Waals surface area contributed by atoms with Gasteiger partial charge < -0.3 is 10.6 Å². The van der Waals surface area contributed by atoms with Crippen molar-refractivity contribution in [2.75, 3.05) is 11.4 Å². The second kappa shape index (κ2) is 6.97. The summed E-state index contributed by atoms with van der Waals surface area (Å²) in [5.41, 5.74) is 5.89. The molecular weight excluding hydrogens is 230 g/mol. The molecule has 0 radical (unpaired) electrons. The molecule has 2 unspecified atom stereocenters. The molecule has 2 N–H and O–H groups in total. The Morgan fingerprint density at radius 2 is 2.12 bits per heavy atom. The Labute approximate surface area is 109 Å². The monoisotopic (exact) mass is 255 g/mol. The number of nitrogens with zero attached hydrogens (tertiary/aromatic N) is 2. The number of hydrogen-bond donors (Lipinski definition) is 1. The van der Waals surface area contributed by atoms with E-state index in [0.717, 1.165) is 18.1 Å². The number of thiazole rings is 1. The van der Waals surface area contributed by atoms with Crippen LogP contribution in [0.1, 0.15) is 57.9 Å². The summed E-state index contributed by atoms with van der Waals surface area (Å²) in [4.78, 5) is 8.11. The highest BCUT2D eigenvalue weighted by Gasteiger charge is 2.16. The maximum Gasteiger partial charge on any atom is 0.185 e. The molecule has 1 rings (SSSR count). The molecule has 17 heavy (non-hydrogen) atoms. The molecule has 0 aliphatic rings. The number of anilines is 1. The standard InChI is InChI=1S/C13H25N3S/c1-5-7-8-16(10(3)6-2)13-15-9-12(17-13)11(4)14/h9-11H,5-8,14H2,1-4H3. The lowest BCUT2D eigenvalue weighted by atomic mass is 10.2. The quantitative estimate of drug-likeness (QED) is 0.810. The van der Waals surface area contributed by atoms with Crippen LogP contribution in [0.5, 0.6) is 0 Å². The molecule has 0 saturated heterocycles. The van der Waals surface area contributed by atoms with Crippen molar-refractivity contribution in [2.45, 2.75) is 59.0 Å². The van der Waals surface area contributed by atoms with Gasteiger partial charge in [0, 0.05) is 29.7 Å². The minimum Gasteiger partial charge on any atom is -0.345 e. The summed E-state index contributed by atoms with van der Waals surface area (Å²) in [7, 11) is 0. The van der Waals surface area contributed by atoms with E-state index in [2.05, 4.69) is 30.7 Å². The molecule has 3 nitrogen and oxygen atoms in total. The van der Waals surface area contributed by atoms with Gasteiger partial charge in [-0.05, 0) is 26.7 Å². The van der Waals surface area contributed by atoms with Crippen molar-refractivity contribution in [1.82, 2.24) is 4.98 Å². The molecule has 0 aliphatic carbocycles. The predicted molar refractivity (Wildman–Crippen MR) is 76.7 cm³/mol. The minimum atomic E-state index is 0.0891. The van der Waals surface area contributed by atoms with Gasteiger partial charge in [-0.2, -0.15) is 0 Å². The molecule has 0 saturated carbocycles. The van der Waals surface area contributed by atoms with Gasteiger partial charge in [0.15, 0.2) is 5.13 Å². The van der Waals surface area contributed by atoms with Crippen LogP contribution in [0.2, 0.25) is 0 Å². The van der Waals surface area contributed by atoms with E-state index < -0.39 is 0 Å². The summed E-state index contributed by atoms with van der Waals surface area (Å²) < 4.78 is 0. The normalized spacial score (nSPS) is 14.6. The Kier molecular flexibility index (Phi) is 5.92. The van der Waals surface area contributed by atoms with Crippen LogP contribution in [0.3, 0.4) is 0 Å². The fourth-order valence-electron chi connectivity index (χ4n) is 1.67. The third-order valence-corrected chi connectivity index (χ3v) is 4.32. The van der Waals surface area contributed by atoms with E-state index in [9.17, 15) is 0 Å². The zero-order valence-corrected chi connectivity index (χ0v) is 12.3. The van der Waals surface area contributed by atoms with E-state index >= 15 is 0 Å². The maximum atomic E-state index is 5.89. The Bertz CT molecular complexity index is 322. The molecule has 0 spiro atoms. The van der Waals surface area contributed by atoms with Gasteiger partial charge in [0.1, 0.15) is 0 Å². The van der Waals surface area contributed by atoms with Gasteiger partial charge in [0.25, 0.3) is 0 Å². The summed E-state index contributed by atoms with van der Waals surface area (Å²) >= 11 is 1.73. The fourth-order valence-corrected chi connectivity index (χ4v) is 2.67. The highest BCUT2D eigenvalue weighted by Crippen LogP contribution is 2.28. The topological polar surface area (TPSA) is 42.2 Å². The number of unbranched alkanes of at least 4 members (excludes halogenated alkanes) is 1. The minimum absolute atomic E-state index is 0.0891. The number of aromatic nitrogens is 1. The molecule has 4 heteroatoms. The van der Waals surface area contributed by atoms with E-state index in [4.69, 9.17) is 5.73 Å². The highest BCUT2D eigenvalue weighted by molar-refractivity contribution is 7.15. The first-order chi connectivity index (χ1) is 8.10. The van der Waals surface area contributed by atoms with Crippen LogP contribution in [0.25, 0.3) is 0 Å². The van der Waals surface area contributed by atoms with Crippen molar-refractivity contribution in [3.63, 3.8) is 0 Å². The van der Waals surface area contributed by atoms with Crippen molar-refractivity contribution >= 4 is 16.5 Å². The first-order valence-electron chi connectivity index (χ1n) is 6.58. The summed E-state index contributed by atoms with van der Waals surface area (Å²) in [5.74, 6) is 0. The smallest absolute Gasteiger partial charge is 0.185 e. The van der Waals surface area contributed by atoms with Crippen molar-refractivity contribution in [1.29, 1.82) is 0 Å². The second-order valence-electron chi connectivity index (χ2n) is 4.64. The first kappa shape index (κ1) is 14.5. The zero-order chi connectivity index (χ0) is 12.8. The van der Waals surface area contributed by atoms with Crippen LogP contribution in [-0.2, 0) is 0 Å². The molecule has 0 fully saturated rings. The molecule has 1 aromatic heterocycles. The Hall–Kier alpha value is -0.610. The van der Waals surface area contributed by atoms with E-state index in [-0.39, 0.29) is 6.04 Å². The maximum absolute atomic E-state index is 5.89. The Morgan fingerprint density at radius 3 is 2.59 bits per heavy atom. The predicted octanol–water partition coefficient (Wildman–Crippen LogP) is 3.57. The van der Waals surface area contributed by atoms with Crippen LogP contribution in [0, 0.1) is 0 Å². The van der Waals surface area contributed by atoms with Gasteiger partial charge in [-0.3, -0.25) is 0 Å². The molecule has 98 valence electrons. The molecule has 0 aliphatic heterocycles. The van der Waals surface area contributed by atoms with Crippen LogP contribution >= 0.6 is 11.3 Å². The third kappa shape index (κ3) is 3.96. The van der Waals surface area contributed by atoms with Gasteiger partial charge in [-0.25, -0.2) is 4.98 Å². The number of nitrogens with two attached hydrogens (primary N) is 1. The average Bonchev–Trinajstić information content (AvgIpc) is 2.78. The van der Waals surface area contributed by atoms with E-state index in [1.54, 1.807) is 11.3 Å². The Morgan fingerprint density at radius 1 is 1.41 bits per heavy atom. The summed E-state index contributed by atoms with van der Waals surface area (Å²) in [6.07, 6.45) is 5.51. The summed E-state index contributed by atoms with van der Waals surface area (Å²) in [6, 6.07) is 0.639. The molecule has 1 aromatic rings. The van der Waals surface area contributed by atoms with Crippen molar-refractivity contribution in [3.05, 3.63) is 11.1 Å².